The van der Waals surface area contributed by atoms with E-state index in [2.05, 4.69) is 21.9 Å². The third kappa shape index (κ3) is 2.38. The molecule has 1 aromatic heterocycles. The smallest absolute Gasteiger partial charge is 0.289 e. The highest BCUT2D eigenvalue weighted by Crippen LogP contribution is 1.95. The van der Waals surface area contributed by atoms with Crippen LogP contribution in [0.1, 0.15) is 30.3 Å². The highest BCUT2D eigenvalue weighted by molar-refractivity contribution is 5.91. The molecule has 0 radical (unpaired) electrons. The number of hydrogen-bond donors (Lipinski definition) is 1. The number of carbonyl (C=O) groups excluding carboxylic acids is 1. The summed E-state index contributed by atoms with van der Waals surface area (Å²) in [5.74, 6) is 0.0760. The van der Waals surface area contributed by atoms with Gasteiger partial charge in [0.25, 0.3) is 5.91 Å². The molecule has 0 aliphatic rings. The Morgan fingerprint density at radius 3 is 3.17 bits per heavy atom. The fourth-order valence-corrected chi connectivity index (χ4v) is 0.799. The van der Waals surface area contributed by atoms with Gasteiger partial charge in [0, 0.05) is 12.6 Å². The van der Waals surface area contributed by atoms with Crippen LogP contribution in [-0.2, 0) is 0 Å². The third-order valence-electron chi connectivity index (χ3n) is 1.48. The van der Waals surface area contributed by atoms with E-state index in [0.717, 1.165) is 12.8 Å². The van der Waals surface area contributed by atoms with Gasteiger partial charge in [0.15, 0.2) is 0 Å². The van der Waals surface area contributed by atoms with Crippen molar-refractivity contribution < 1.29 is 9.32 Å². The largest absolute Gasteiger partial charge is 0.351 e. The van der Waals surface area contributed by atoms with Crippen molar-refractivity contribution >= 4 is 5.91 Å². The highest BCUT2D eigenvalue weighted by Gasteiger charge is 2.07. The lowest BCUT2D eigenvalue weighted by atomic mass is 10.3. The van der Waals surface area contributed by atoms with E-state index in [1.807, 2.05) is 0 Å². The zero-order chi connectivity index (χ0) is 8.81. The van der Waals surface area contributed by atoms with Crippen LogP contribution < -0.4 is 5.32 Å². The summed E-state index contributed by atoms with van der Waals surface area (Å²) in [6, 6.07) is 1.54. The molecule has 4 heteroatoms. The van der Waals surface area contributed by atoms with E-state index in [9.17, 15) is 4.79 Å². The van der Waals surface area contributed by atoms with E-state index in [1.54, 1.807) is 6.07 Å². The summed E-state index contributed by atoms with van der Waals surface area (Å²) in [5.41, 5.74) is 0. The Morgan fingerprint density at radius 2 is 2.58 bits per heavy atom. The van der Waals surface area contributed by atoms with Crippen molar-refractivity contribution in [2.45, 2.75) is 19.8 Å². The third-order valence-corrected chi connectivity index (χ3v) is 1.48. The van der Waals surface area contributed by atoms with Gasteiger partial charge < -0.3 is 9.84 Å². The molecule has 0 atom stereocenters. The minimum atomic E-state index is -0.194. The van der Waals surface area contributed by atoms with Crippen LogP contribution in [0.25, 0.3) is 0 Å². The summed E-state index contributed by atoms with van der Waals surface area (Å²) in [6.45, 7) is 2.76. The minimum Gasteiger partial charge on any atom is -0.351 e. The maximum atomic E-state index is 11.1. The number of nitrogens with one attached hydrogen (secondary N) is 1. The predicted octanol–water partition coefficient (Wildman–Crippen LogP) is 1.20. The van der Waals surface area contributed by atoms with Gasteiger partial charge in [-0.3, -0.25) is 4.79 Å². The van der Waals surface area contributed by atoms with Crippen LogP contribution >= 0.6 is 0 Å². The Bertz CT molecular complexity index is 231. The number of aromatic nitrogens is 1. The molecule has 0 aromatic carbocycles. The second kappa shape index (κ2) is 4.54. The first kappa shape index (κ1) is 8.77. The molecule has 12 heavy (non-hydrogen) atoms. The van der Waals surface area contributed by atoms with Gasteiger partial charge in [0.1, 0.15) is 0 Å². The average Bonchev–Trinajstić information content (AvgIpc) is 2.56. The number of carbonyl (C=O) groups is 1. The average molecular weight is 168 g/mol. The summed E-state index contributed by atoms with van der Waals surface area (Å²) in [5, 5.41) is 6.15. The molecule has 0 spiro atoms. The van der Waals surface area contributed by atoms with Gasteiger partial charge in [0.05, 0.1) is 6.20 Å². The normalized spacial score (nSPS) is 9.75. The molecular weight excluding hydrogens is 156 g/mol. The first-order chi connectivity index (χ1) is 5.84. The molecule has 1 rings (SSSR count). The van der Waals surface area contributed by atoms with Crippen molar-refractivity contribution in [1.82, 2.24) is 10.5 Å². The summed E-state index contributed by atoms with van der Waals surface area (Å²) < 4.78 is 4.66. The topological polar surface area (TPSA) is 55.1 Å². The van der Waals surface area contributed by atoms with Gasteiger partial charge in [-0.15, -0.1) is 0 Å². The molecule has 1 aromatic rings. The Labute approximate surface area is 70.9 Å². The number of hydrogen-bond acceptors (Lipinski definition) is 3. The van der Waals surface area contributed by atoms with E-state index in [1.165, 1.54) is 6.20 Å². The molecule has 0 saturated heterocycles. The molecule has 0 aliphatic carbocycles. The van der Waals surface area contributed by atoms with Crippen LogP contribution in [0.3, 0.4) is 0 Å². The second-order valence-electron chi connectivity index (χ2n) is 2.49. The maximum Gasteiger partial charge on any atom is 0.289 e. The van der Waals surface area contributed by atoms with Crippen LogP contribution in [-0.4, -0.2) is 17.6 Å². The fourth-order valence-electron chi connectivity index (χ4n) is 0.799. The standard InChI is InChI=1S/C8H12N2O2/c1-2-3-5-9-8(11)7-4-6-10-12-7/h4,6H,2-3,5H2,1H3,(H,9,11). The molecule has 1 heterocycles. The molecule has 66 valence electrons. The maximum absolute atomic E-state index is 11.1. The van der Waals surface area contributed by atoms with E-state index >= 15 is 0 Å². The summed E-state index contributed by atoms with van der Waals surface area (Å²) in [6.07, 6.45) is 3.51. The zero-order valence-electron chi connectivity index (χ0n) is 7.04. The lowest BCUT2D eigenvalue weighted by Crippen LogP contribution is -2.23. The number of nitrogens with zero attached hydrogens (tertiary/aromatic N) is 1. The van der Waals surface area contributed by atoms with E-state index < -0.39 is 0 Å². The first-order valence-electron chi connectivity index (χ1n) is 4.03. The lowest BCUT2D eigenvalue weighted by molar-refractivity contribution is 0.0916. The van der Waals surface area contributed by atoms with Gasteiger partial charge in [-0.05, 0) is 6.42 Å². The molecule has 0 bridgehead atoms. The monoisotopic (exact) mass is 168 g/mol. The van der Waals surface area contributed by atoms with Gasteiger partial charge in [-0.2, -0.15) is 0 Å². The quantitative estimate of drug-likeness (QED) is 0.687. The zero-order valence-corrected chi connectivity index (χ0v) is 7.04. The summed E-state index contributed by atoms with van der Waals surface area (Å²) >= 11 is 0. The summed E-state index contributed by atoms with van der Waals surface area (Å²) in [7, 11) is 0. The van der Waals surface area contributed by atoms with Crippen LogP contribution in [0.5, 0.6) is 0 Å². The van der Waals surface area contributed by atoms with E-state index in [0.29, 0.717) is 6.54 Å². The Kier molecular flexibility index (Phi) is 3.32. The minimum absolute atomic E-state index is 0.194. The molecular formula is C8H12N2O2. The van der Waals surface area contributed by atoms with Crippen LogP contribution in [0.2, 0.25) is 0 Å². The van der Waals surface area contributed by atoms with E-state index in [4.69, 9.17) is 0 Å². The van der Waals surface area contributed by atoms with Gasteiger partial charge in [0.2, 0.25) is 5.76 Å². The van der Waals surface area contributed by atoms with Crippen molar-refractivity contribution in [3.05, 3.63) is 18.0 Å². The summed E-state index contributed by atoms with van der Waals surface area (Å²) in [4.78, 5) is 11.1. The van der Waals surface area contributed by atoms with Crippen molar-refractivity contribution in [3.63, 3.8) is 0 Å². The lowest BCUT2D eigenvalue weighted by Gasteiger charge is -1.99. The van der Waals surface area contributed by atoms with Gasteiger partial charge in [-0.25, -0.2) is 0 Å². The van der Waals surface area contributed by atoms with Crippen molar-refractivity contribution in [1.29, 1.82) is 0 Å². The molecule has 0 unspecified atom stereocenters. The molecule has 0 fully saturated rings. The molecule has 1 N–H and O–H groups in total. The molecule has 0 aliphatic heterocycles. The van der Waals surface area contributed by atoms with E-state index in [-0.39, 0.29) is 11.7 Å². The van der Waals surface area contributed by atoms with Crippen LogP contribution in [0.4, 0.5) is 0 Å². The van der Waals surface area contributed by atoms with Crippen molar-refractivity contribution in [2.75, 3.05) is 6.54 Å². The van der Waals surface area contributed by atoms with Crippen LogP contribution in [0.15, 0.2) is 16.8 Å². The second-order valence-corrected chi connectivity index (χ2v) is 2.49. The Balaban J connectivity index is 2.30. The van der Waals surface area contributed by atoms with Gasteiger partial charge >= 0.3 is 0 Å². The predicted molar refractivity (Wildman–Crippen MR) is 43.7 cm³/mol. The Hall–Kier alpha value is -1.32. The highest BCUT2D eigenvalue weighted by atomic mass is 16.5. The first-order valence-corrected chi connectivity index (χ1v) is 4.03. The fraction of sp³-hybridized carbons (Fsp3) is 0.500. The molecule has 4 nitrogen and oxygen atoms in total. The SMILES string of the molecule is CCCCNC(=O)c1ccno1. The molecule has 0 saturated carbocycles. The molecule has 1 amide bonds. The number of rotatable bonds is 4. The Morgan fingerprint density at radius 1 is 1.75 bits per heavy atom. The van der Waals surface area contributed by atoms with Crippen molar-refractivity contribution in [2.24, 2.45) is 0 Å². The van der Waals surface area contributed by atoms with Crippen LogP contribution in [0, 0.1) is 0 Å². The van der Waals surface area contributed by atoms with Gasteiger partial charge in [-0.1, -0.05) is 18.5 Å². The number of amides is 1. The van der Waals surface area contributed by atoms with Crippen molar-refractivity contribution in [3.8, 4) is 0 Å². The number of unbranched alkanes of at least 4 members (excludes halogenated alkanes) is 1.